The molecule has 2 aromatic rings. The number of carboxylic acids is 1. The highest BCUT2D eigenvalue weighted by Gasteiger charge is 2.21. The number of hydrogen-bond donors (Lipinski definition) is 4. The number of aromatic hydroxyl groups is 1. The van der Waals surface area contributed by atoms with Gasteiger partial charge in [0, 0.05) is 40.2 Å². The summed E-state index contributed by atoms with van der Waals surface area (Å²) in [7, 11) is -6.03. The van der Waals surface area contributed by atoms with Crippen LogP contribution in [0.1, 0.15) is 24.0 Å². The zero-order valence-corrected chi connectivity index (χ0v) is 22.1. The number of aliphatic carboxylic acids is 1. The third-order valence-electron chi connectivity index (χ3n) is 5.26. The van der Waals surface area contributed by atoms with Gasteiger partial charge in [-0.25, -0.2) is 13.1 Å². The number of carboxylic acid groups (broad SMARTS) is 1. The Bertz CT molecular complexity index is 1150. The Kier molecular flexibility index (Phi) is 10.4. The summed E-state index contributed by atoms with van der Waals surface area (Å²) in [5, 5.41) is 23.3. The second kappa shape index (κ2) is 12.4. The van der Waals surface area contributed by atoms with Crippen molar-refractivity contribution in [3.05, 3.63) is 57.6 Å². The molecule has 0 bridgehead atoms. The molecule has 0 aliphatic rings. The molecule has 1 unspecified atom stereocenters. The molecule has 0 amide bonds. The molecule has 34 heavy (non-hydrogen) atoms. The molecular weight excluding hydrogens is 522 g/mol. The summed E-state index contributed by atoms with van der Waals surface area (Å²) in [5.41, 5.74) is 1.34. The zero-order valence-electron chi connectivity index (χ0n) is 18.9. The van der Waals surface area contributed by atoms with E-state index >= 15 is 0 Å². The van der Waals surface area contributed by atoms with Gasteiger partial charge in [0.15, 0.2) is 0 Å². The molecule has 12 heteroatoms. The lowest BCUT2D eigenvalue weighted by Crippen LogP contribution is -2.37. The molecule has 0 aliphatic carbocycles. The first-order valence-electron chi connectivity index (χ1n) is 10.5. The number of sulfonamides is 1. The van der Waals surface area contributed by atoms with Crippen molar-refractivity contribution in [3.63, 3.8) is 0 Å². The van der Waals surface area contributed by atoms with E-state index in [4.69, 9.17) is 23.2 Å². The van der Waals surface area contributed by atoms with Gasteiger partial charge in [-0.1, -0.05) is 35.3 Å². The SMILES string of the molecule is CP(=O)(CCc1cc(Cl)c(CN[C@@H](CCCNS(C)(=O)=O)C(=O)O)c(Cl)c1)c1cccc(O)c1. The summed E-state index contributed by atoms with van der Waals surface area (Å²) in [6.07, 6.45) is 2.42. The molecule has 2 rings (SSSR count). The highest BCUT2D eigenvalue weighted by molar-refractivity contribution is 7.88. The average molecular weight is 551 g/mol. The van der Waals surface area contributed by atoms with Crippen molar-refractivity contribution >= 4 is 51.6 Å². The molecule has 8 nitrogen and oxygen atoms in total. The molecule has 188 valence electrons. The Balaban J connectivity index is 2.00. The van der Waals surface area contributed by atoms with Gasteiger partial charge in [-0.15, -0.1) is 0 Å². The summed E-state index contributed by atoms with van der Waals surface area (Å²) in [5.74, 6) is -0.997. The number of phenolic OH excluding ortho intramolecular Hbond substituents is 1. The van der Waals surface area contributed by atoms with Crippen LogP contribution in [0.4, 0.5) is 0 Å². The fraction of sp³-hybridized carbons (Fsp3) is 0.409. The summed E-state index contributed by atoms with van der Waals surface area (Å²) < 4.78 is 37.7. The maximum atomic E-state index is 13.1. The monoisotopic (exact) mass is 550 g/mol. The van der Waals surface area contributed by atoms with E-state index in [0.29, 0.717) is 39.9 Å². The molecular formula is C22H29Cl2N2O6PS. The number of halogens is 2. The van der Waals surface area contributed by atoms with Gasteiger partial charge in [-0.3, -0.25) is 4.79 Å². The number of hydrogen-bond acceptors (Lipinski definition) is 6. The Morgan fingerprint density at radius 1 is 1.18 bits per heavy atom. The molecule has 0 fully saturated rings. The summed E-state index contributed by atoms with van der Waals surface area (Å²) >= 11 is 12.8. The molecule has 0 saturated heterocycles. The smallest absolute Gasteiger partial charge is 0.320 e. The second-order valence-corrected chi connectivity index (χ2v) is 14.0. The molecule has 0 heterocycles. The van der Waals surface area contributed by atoms with Crippen LogP contribution in [0.3, 0.4) is 0 Å². The number of phenols is 1. The van der Waals surface area contributed by atoms with Crippen molar-refractivity contribution in [1.29, 1.82) is 0 Å². The summed E-state index contributed by atoms with van der Waals surface area (Å²) in [4.78, 5) is 11.5. The average Bonchev–Trinajstić information content (AvgIpc) is 2.72. The summed E-state index contributed by atoms with van der Waals surface area (Å²) in [6.45, 7) is 1.93. The fourth-order valence-corrected chi connectivity index (χ4v) is 6.26. The molecule has 0 aliphatic heterocycles. The van der Waals surface area contributed by atoms with Crippen LogP contribution in [-0.2, 0) is 32.3 Å². The highest BCUT2D eigenvalue weighted by Crippen LogP contribution is 2.41. The predicted molar refractivity (Wildman–Crippen MR) is 137 cm³/mol. The van der Waals surface area contributed by atoms with E-state index in [1.54, 1.807) is 30.9 Å². The lowest BCUT2D eigenvalue weighted by Gasteiger charge is -2.17. The standard InChI is InChI=1S/C22H29Cl2N2O6PS/c1-33(30,17-6-3-5-16(27)13-17)10-8-15-11-19(23)18(20(24)12-15)14-25-21(22(28)29)7-4-9-26-34(2,31)32/h3,5-6,11-13,21,25-27H,4,7-10,14H2,1-2H3,(H,28,29)/t21-,33?/m0/s1. The maximum absolute atomic E-state index is 13.1. The van der Waals surface area contributed by atoms with Gasteiger partial charge in [0.1, 0.15) is 18.9 Å². The molecule has 0 radical (unpaired) electrons. The Morgan fingerprint density at radius 3 is 2.38 bits per heavy atom. The lowest BCUT2D eigenvalue weighted by molar-refractivity contribution is -0.139. The Labute approximate surface area is 210 Å². The van der Waals surface area contributed by atoms with Crippen molar-refractivity contribution in [1.82, 2.24) is 10.0 Å². The van der Waals surface area contributed by atoms with Crippen molar-refractivity contribution in [2.45, 2.75) is 31.8 Å². The minimum Gasteiger partial charge on any atom is -0.508 e. The van der Waals surface area contributed by atoms with Crippen LogP contribution in [0.2, 0.25) is 10.0 Å². The van der Waals surface area contributed by atoms with Crippen molar-refractivity contribution in [2.24, 2.45) is 0 Å². The Hall–Kier alpha value is -1.61. The van der Waals surface area contributed by atoms with E-state index in [2.05, 4.69) is 10.0 Å². The largest absolute Gasteiger partial charge is 0.508 e. The molecule has 4 N–H and O–H groups in total. The minimum atomic E-state index is -3.33. The van der Waals surface area contributed by atoms with Gasteiger partial charge in [-0.05, 0) is 55.8 Å². The fourth-order valence-electron chi connectivity index (χ4n) is 3.33. The molecule has 2 aromatic carbocycles. The van der Waals surface area contributed by atoms with E-state index < -0.39 is 29.2 Å². The molecule has 0 saturated carbocycles. The topological polar surface area (TPSA) is 133 Å². The van der Waals surface area contributed by atoms with Crippen molar-refractivity contribution in [2.75, 3.05) is 25.6 Å². The number of benzene rings is 2. The van der Waals surface area contributed by atoms with Crippen molar-refractivity contribution < 1.29 is 28.0 Å². The van der Waals surface area contributed by atoms with Crippen LogP contribution in [0.5, 0.6) is 5.75 Å². The first-order chi connectivity index (χ1) is 15.8. The van der Waals surface area contributed by atoms with E-state index in [1.165, 1.54) is 12.1 Å². The highest BCUT2D eigenvalue weighted by atomic mass is 35.5. The number of carbonyl (C=O) groups is 1. The van der Waals surface area contributed by atoms with Crippen LogP contribution in [0.15, 0.2) is 36.4 Å². The Morgan fingerprint density at radius 2 is 1.82 bits per heavy atom. The van der Waals surface area contributed by atoms with Crippen LogP contribution < -0.4 is 15.3 Å². The van der Waals surface area contributed by atoms with Crippen LogP contribution in [0, 0.1) is 0 Å². The third kappa shape index (κ3) is 9.21. The van der Waals surface area contributed by atoms with Crippen LogP contribution in [0.25, 0.3) is 0 Å². The van der Waals surface area contributed by atoms with Crippen LogP contribution >= 0.6 is 30.3 Å². The predicted octanol–water partition coefficient (Wildman–Crippen LogP) is 3.43. The summed E-state index contributed by atoms with van der Waals surface area (Å²) in [6, 6.07) is 8.95. The van der Waals surface area contributed by atoms with Gasteiger partial charge >= 0.3 is 5.97 Å². The van der Waals surface area contributed by atoms with E-state index in [-0.39, 0.29) is 25.3 Å². The number of rotatable bonds is 13. The second-order valence-electron chi connectivity index (χ2n) is 8.21. The first-order valence-corrected chi connectivity index (χ1v) is 15.5. The number of aryl methyl sites for hydroxylation is 1. The zero-order chi connectivity index (χ0) is 25.5. The van der Waals surface area contributed by atoms with E-state index in [9.17, 15) is 28.0 Å². The van der Waals surface area contributed by atoms with Gasteiger partial charge in [0.25, 0.3) is 0 Å². The van der Waals surface area contributed by atoms with Crippen molar-refractivity contribution in [3.8, 4) is 5.75 Å². The van der Waals surface area contributed by atoms with Gasteiger partial charge in [-0.2, -0.15) is 0 Å². The van der Waals surface area contributed by atoms with Gasteiger partial charge < -0.3 is 20.1 Å². The lowest BCUT2D eigenvalue weighted by atomic mass is 10.1. The quantitative estimate of drug-likeness (QED) is 0.222. The van der Waals surface area contributed by atoms with Crippen LogP contribution in [-0.4, -0.2) is 56.3 Å². The third-order valence-corrected chi connectivity index (χ3v) is 9.11. The normalized spacial score (nSPS) is 14.5. The molecule has 2 atom stereocenters. The first kappa shape index (κ1) is 28.6. The van der Waals surface area contributed by atoms with Gasteiger partial charge in [0.05, 0.1) is 6.26 Å². The van der Waals surface area contributed by atoms with E-state index in [0.717, 1.165) is 11.8 Å². The van der Waals surface area contributed by atoms with E-state index in [1.807, 2.05) is 0 Å². The van der Waals surface area contributed by atoms with Gasteiger partial charge in [0.2, 0.25) is 10.0 Å². The number of nitrogens with one attached hydrogen (secondary N) is 2. The molecule has 0 aromatic heterocycles. The molecule has 0 spiro atoms. The minimum absolute atomic E-state index is 0.0637. The maximum Gasteiger partial charge on any atom is 0.320 e.